The van der Waals surface area contributed by atoms with Gasteiger partial charge in [-0.15, -0.1) is 0 Å². The number of benzene rings is 1. The Kier molecular flexibility index (Phi) is 6.10. The van der Waals surface area contributed by atoms with Crippen LogP contribution in [-0.4, -0.2) is 21.5 Å². The molecule has 1 aromatic heterocycles. The van der Waals surface area contributed by atoms with Crippen molar-refractivity contribution in [3.63, 3.8) is 0 Å². The predicted molar refractivity (Wildman–Crippen MR) is 102 cm³/mol. The fraction of sp³-hybridized carbons (Fsp3) is 0.368. The van der Waals surface area contributed by atoms with E-state index in [0.29, 0.717) is 4.47 Å². The van der Waals surface area contributed by atoms with Gasteiger partial charge in [-0.2, -0.15) is 15.6 Å². The van der Waals surface area contributed by atoms with Gasteiger partial charge in [0.25, 0.3) is 0 Å². The van der Waals surface area contributed by atoms with Gasteiger partial charge in [0.05, 0.1) is 12.1 Å². The molecule has 0 bridgehead atoms. The van der Waals surface area contributed by atoms with E-state index >= 15 is 0 Å². The van der Waals surface area contributed by atoms with Crippen molar-refractivity contribution < 1.29 is 13.9 Å². The van der Waals surface area contributed by atoms with Crippen molar-refractivity contribution in [1.29, 1.82) is 10.5 Å². The molecule has 7 nitrogen and oxygen atoms in total. The summed E-state index contributed by atoms with van der Waals surface area (Å²) < 4.78 is 21.8. The molecule has 0 radical (unpaired) electrons. The van der Waals surface area contributed by atoms with Crippen LogP contribution in [0, 0.1) is 28.5 Å². The molecule has 0 fully saturated rings. The fourth-order valence-corrected chi connectivity index (χ4v) is 2.98. The summed E-state index contributed by atoms with van der Waals surface area (Å²) in [4.78, 5) is 12.4. The first kappa shape index (κ1) is 21.4. The SMILES string of the molecule is CC(C)(C)OC(=O)N[C@@](C)(Cn1nc(C#N)cc1C#N)c1cc(Br)ccc1F. The number of halogens is 2. The zero-order chi connectivity index (χ0) is 21.1. The zero-order valence-electron chi connectivity index (χ0n) is 15.9. The zero-order valence-corrected chi connectivity index (χ0v) is 17.5. The second-order valence-corrected chi connectivity index (χ2v) is 8.29. The van der Waals surface area contributed by atoms with E-state index in [1.807, 2.05) is 12.1 Å². The Morgan fingerprint density at radius 3 is 2.54 bits per heavy atom. The van der Waals surface area contributed by atoms with Gasteiger partial charge in [0, 0.05) is 16.1 Å². The Balaban J connectivity index is 2.52. The van der Waals surface area contributed by atoms with Crippen LogP contribution in [0.3, 0.4) is 0 Å². The van der Waals surface area contributed by atoms with Crippen LogP contribution in [0.4, 0.5) is 9.18 Å². The molecule has 2 rings (SSSR count). The lowest BCUT2D eigenvalue weighted by atomic mass is 9.91. The van der Waals surface area contributed by atoms with E-state index in [0.717, 1.165) is 0 Å². The van der Waals surface area contributed by atoms with Crippen LogP contribution in [0.25, 0.3) is 0 Å². The topological polar surface area (TPSA) is 104 Å². The minimum absolute atomic E-state index is 0.0471. The molecule has 28 heavy (non-hydrogen) atoms. The third kappa shape index (κ3) is 5.08. The van der Waals surface area contributed by atoms with Crippen LogP contribution in [-0.2, 0) is 16.8 Å². The molecule has 0 aliphatic heterocycles. The highest BCUT2D eigenvalue weighted by Gasteiger charge is 2.35. The molecule has 0 aliphatic rings. The number of hydrogen-bond donors (Lipinski definition) is 1. The number of carbonyl (C=O) groups is 1. The van der Waals surface area contributed by atoms with Crippen molar-refractivity contribution in [2.45, 2.75) is 45.4 Å². The first-order chi connectivity index (χ1) is 13.0. The number of hydrogen-bond acceptors (Lipinski definition) is 5. The van der Waals surface area contributed by atoms with Gasteiger partial charge >= 0.3 is 6.09 Å². The lowest BCUT2D eigenvalue weighted by Gasteiger charge is -2.33. The Hall–Kier alpha value is -2.91. The maximum absolute atomic E-state index is 14.6. The number of rotatable bonds is 4. The fourth-order valence-electron chi connectivity index (χ4n) is 2.62. The molecule has 1 aromatic carbocycles. The quantitative estimate of drug-likeness (QED) is 0.763. The van der Waals surface area contributed by atoms with Gasteiger partial charge in [0.15, 0.2) is 5.69 Å². The normalized spacial score (nSPS) is 13.1. The maximum atomic E-state index is 14.6. The van der Waals surface area contributed by atoms with E-state index in [9.17, 15) is 14.4 Å². The van der Waals surface area contributed by atoms with Crippen molar-refractivity contribution in [1.82, 2.24) is 15.1 Å². The van der Waals surface area contributed by atoms with Crippen molar-refractivity contribution in [3.8, 4) is 12.1 Å². The summed E-state index contributed by atoms with van der Waals surface area (Å²) in [6.45, 7) is 6.64. The molecule has 0 unspecified atom stereocenters. The second kappa shape index (κ2) is 7.99. The largest absolute Gasteiger partial charge is 0.444 e. The van der Waals surface area contributed by atoms with Gasteiger partial charge in [0.1, 0.15) is 29.3 Å². The van der Waals surface area contributed by atoms with E-state index < -0.39 is 23.1 Å². The molecule has 0 saturated heterocycles. The number of ether oxygens (including phenoxy) is 1. The van der Waals surface area contributed by atoms with Crippen LogP contribution in [0.1, 0.15) is 44.6 Å². The smallest absolute Gasteiger partial charge is 0.408 e. The number of nitriles is 2. The van der Waals surface area contributed by atoms with E-state index in [1.54, 1.807) is 27.7 Å². The lowest BCUT2D eigenvalue weighted by Crippen LogP contribution is -2.49. The summed E-state index contributed by atoms with van der Waals surface area (Å²) in [7, 11) is 0. The Morgan fingerprint density at radius 2 is 1.96 bits per heavy atom. The average molecular weight is 448 g/mol. The molecule has 0 saturated carbocycles. The van der Waals surface area contributed by atoms with Crippen molar-refractivity contribution in [3.05, 3.63) is 51.5 Å². The third-order valence-electron chi connectivity index (χ3n) is 3.77. The molecule has 0 spiro atoms. The van der Waals surface area contributed by atoms with Gasteiger partial charge < -0.3 is 10.1 Å². The first-order valence-electron chi connectivity index (χ1n) is 8.32. The third-order valence-corrected chi connectivity index (χ3v) is 4.27. The van der Waals surface area contributed by atoms with Gasteiger partial charge in [-0.05, 0) is 45.9 Å². The molecule has 1 heterocycles. The minimum atomic E-state index is -1.32. The summed E-state index contributed by atoms with van der Waals surface area (Å²) >= 11 is 3.30. The number of nitrogens with zero attached hydrogens (tertiary/aromatic N) is 4. The van der Waals surface area contributed by atoms with Crippen LogP contribution in [0.5, 0.6) is 0 Å². The van der Waals surface area contributed by atoms with Crippen LogP contribution in [0.2, 0.25) is 0 Å². The highest BCUT2D eigenvalue weighted by Crippen LogP contribution is 2.29. The summed E-state index contributed by atoms with van der Waals surface area (Å²) in [5.74, 6) is -0.548. The summed E-state index contributed by atoms with van der Waals surface area (Å²) in [6, 6.07) is 9.47. The number of carbonyl (C=O) groups excluding carboxylic acids is 1. The number of aromatic nitrogens is 2. The van der Waals surface area contributed by atoms with E-state index in [1.165, 1.54) is 28.9 Å². The highest BCUT2D eigenvalue weighted by atomic mass is 79.9. The van der Waals surface area contributed by atoms with Crippen molar-refractivity contribution in [2.24, 2.45) is 0 Å². The standard InChI is InChI=1S/C19H19BrFN5O2/c1-18(2,3)28-17(27)24-19(4,15-7-12(20)5-6-16(15)21)11-26-14(10-23)8-13(9-22)25-26/h5-8H,11H2,1-4H3,(H,24,27)/t19-/m0/s1. The lowest BCUT2D eigenvalue weighted by molar-refractivity contribution is 0.0445. The monoisotopic (exact) mass is 447 g/mol. The molecular weight excluding hydrogens is 429 g/mol. The number of amides is 1. The maximum Gasteiger partial charge on any atom is 0.408 e. The summed E-state index contributed by atoms with van der Waals surface area (Å²) in [6.07, 6.45) is -0.749. The first-order valence-corrected chi connectivity index (χ1v) is 9.11. The van der Waals surface area contributed by atoms with Crippen LogP contribution in [0.15, 0.2) is 28.7 Å². The molecule has 9 heteroatoms. The van der Waals surface area contributed by atoms with Crippen LogP contribution >= 0.6 is 15.9 Å². The van der Waals surface area contributed by atoms with Gasteiger partial charge in [-0.1, -0.05) is 15.9 Å². The van der Waals surface area contributed by atoms with Crippen molar-refractivity contribution >= 4 is 22.0 Å². The highest BCUT2D eigenvalue weighted by molar-refractivity contribution is 9.10. The molecule has 0 aliphatic carbocycles. The van der Waals surface area contributed by atoms with Gasteiger partial charge in [-0.25, -0.2) is 9.18 Å². The van der Waals surface area contributed by atoms with Gasteiger partial charge in [0.2, 0.25) is 0 Å². The molecule has 2 aromatic rings. The van der Waals surface area contributed by atoms with E-state index in [4.69, 9.17) is 10.00 Å². The Bertz CT molecular complexity index is 984. The summed E-state index contributed by atoms with van der Waals surface area (Å²) in [5, 5.41) is 25.1. The summed E-state index contributed by atoms with van der Waals surface area (Å²) in [5.41, 5.74) is -1.74. The Morgan fingerprint density at radius 1 is 1.29 bits per heavy atom. The number of nitrogens with one attached hydrogen (secondary N) is 1. The molecule has 1 N–H and O–H groups in total. The van der Waals surface area contributed by atoms with E-state index in [2.05, 4.69) is 26.3 Å². The molecule has 1 amide bonds. The molecule has 1 atom stereocenters. The average Bonchev–Trinajstić information content (AvgIpc) is 2.96. The van der Waals surface area contributed by atoms with Gasteiger partial charge in [-0.3, -0.25) is 4.68 Å². The van der Waals surface area contributed by atoms with Crippen LogP contribution < -0.4 is 5.32 Å². The second-order valence-electron chi connectivity index (χ2n) is 7.38. The van der Waals surface area contributed by atoms with E-state index in [-0.39, 0.29) is 23.5 Å². The van der Waals surface area contributed by atoms with Crippen molar-refractivity contribution in [2.75, 3.05) is 0 Å². The number of alkyl carbamates (subject to hydrolysis) is 1. The predicted octanol–water partition coefficient (Wildman–Crippen LogP) is 3.97. The molecular formula is C19H19BrFN5O2. The minimum Gasteiger partial charge on any atom is -0.444 e. The molecule has 146 valence electrons. The Labute approximate surface area is 170 Å².